The summed E-state index contributed by atoms with van der Waals surface area (Å²) < 4.78 is 14.8. The molecule has 3 aromatic rings. The van der Waals surface area contributed by atoms with Crippen molar-refractivity contribution in [3.8, 4) is 0 Å². The monoisotopic (exact) mass is 445 g/mol. The van der Waals surface area contributed by atoms with Crippen LogP contribution in [0.3, 0.4) is 0 Å². The smallest absolute Gasteiger partial charge is 0.263 e. The second-order valence-electron chi connectivity index (χ2n) is 7.66. The molecule has 1 amide bonds. The Bertz CT molecular complexity index is 1130. The van der Waals surface area contributed by atoms with Crippen molar-refractivity contribution in [1.82, 2.24) is 14.9 Å². The maximum atomic E-state index is 13.3. The van der Waals surface area contributed by atoms with Gasteiger partial charge in [-0.15, -0.1) is 11.3 Å². The van der Waals surface area contributed by atoms with E-state index in [0.717, 1.165) is 51.9 Å². The van der Waals surface area contributed by atoms with Crippen LogP contribution in [0.1, 0.15) is 47.7 Å². The number of thiophene rings is 1. The zero-order chi connectivity index (χ0) is 21.3. The first kappa shape index (κ1) is 21.1. The molecular formula is C22H24FN3O2S2. The van der Waals surface area contributed by atoms with E-state index < -0.39 is 0 Å². The molecule has 1 N–H and O–H groups in total. The summed E-state index contributed by atoms with van der Waals surface area (Å²) in [5.41, 5.74) is 1.86. The first-order chi connectivity index (χ1) is 14.4. The molecule has 1 aliphatic rings. The number of rotatable bonds is 6. The van der Waals surface area contributed by atoms with E-state index in [2.05, 4.69) is 5.32 Å². The third-order valence-electron chi connectivity index (χ3n) is 5.63. The number of hydrogen-bond acceptors (Lipinski definition) is 5. The Hall–Kier alpha value is -2.19. The summed E-state index contributed by atoms with van der Waals surface area (Å²) in [6.07, 6.45) is 4.16. The Morgan fingerprint density at radius 2 is 1.97 bits per heavy atom. The highest BCUT2D eigenvalue weighted by Gasteiger charge is 2.25. The summed E-state index contributed by atoms with van der Waals surface area (Å²) in [6.45, 7) is 4.33. The minimum absolute atomic E-state index is 0.0166. The summed E-state index contributed by atoms with van der Waals surface area (Å²) in [7, 11) is 0. The maximum absolute atomic E-state index is 13.3. The number of nitrogens with one attached hydrogen (secondary N) is 1. The van der Waals surface area contributed by atoms with Crippen LogP contribution < -0.4 is 10.9 Å². The van der Waals surface area contributed by atoms with Gasteiger partial charge in [0.15, 0.2) is 5.16 Å². The zero-order valence-corrected chi connectivity index (χ0v) is 18.7. The lowest BCUT2D eigenvalue weighted by atomic mass is 10.2. The fourth-order valence-corrected chi connectivity index (χ4v) is 5.82. The molecule has 30 heavy (non-hydrogen) atoms. The Kier molecular flexibility index (Phi) is 6.24. The molecule has 0 aliphatic heterocycles. The molecule has 4 rings (SSSR count). The standard InChI is InChI=1S/C22H24FN3O2S2/c1-13-14(2)30-20-19(13)21(28)26(17-5-3-4-6-17)22(25-20)29-12-18(27)24-11-15-7-9-16(23)10-8-15/h7-10,17H,3-6,11-12H2,1-2H3,(H,24,27). The van der Waals surface area contributed by atoms with Crippen molar-refractivity contribution >= 4 is 39.2 Å². The molecule has 1 aromatic carbocycles. The van der Waals surface area contributed by atoms with Gasteiger partial charge < -0.3 is 5.32 Å². The highest BCUT2D eigenvalue weighted by molar-refractivity contribution is 7.99. The molecule has 1 aliphatic carbocycles. The molecule has 8 heteroatoms. The minimum Gasteiger partial charge on any atom is -0.351 e. The number of carbonyl (C=O) groups is 1. The molecule has 0 atom stereocenters. The molecule has 0 unspecified atom stereocenters. The number of thioether (sulfide) groups is 1. The number of fused-ring (bicyclic) bond motifs is 1. The molecule has 2 aromatic heterocycles. The molecule has 5 nitrogen and oxygen atoms in total. The molecule has 0 bridgehead atoms. The van der Waals surface area contributed by atoms with Crippen LogP contribution in [0.25, 0.3) is 10.2 Å². The summed E-state index contributed by atoms with van der Waals surface area (Å²) in [5, 5.41) is 4.19. The Morgan fingerprint density at radius 1 is 1.27 bits per heavy atom. The van der Waals surface area contributed by atoms with Gasteiger partial charge in [0, 0.05) is 17.5 Å². The van der Waals surface area contributed by atoms with Gasteiger partial charge in [-0.25, -0.2) is 9.37 Å². The number of benzene rings is 1. The van der Waals surface area contributed by atoms with Gasteiger partial charge in [-0.1, -0.05) is 36.7 Å². The van der Waals surface area contributed by atoms with Crippen LogP contribution in [0.4, 0.5) is 4.39 Å². The van der Waals surface area contributed by atoms with Crippen LogP contribution in [0.2, 0.25) is 0 Å². The zero-order valence-electron chi connectivity index (χ0n) is 17.0. The van der Waals surface area contributed by atoms with Crippen molar-refractivity contribution < 1.29 is 9.18 Å². The molecule has 0 saturated heterocycles. The third-order valence-corrected chi connectivity index (χ3v) is 7.68. The van der Waals surface area contributed by atoms with Crippen LogP contribution in [0.5, 0.6) is 0 Å². The first-order valence-electron chi connectivity index (χ1n) is 10.1. The van der Waals surface area contributed by atoms with Crippen molar-refractivity contribution in [1.29, 1.82) is 0 Å². The lowest BCUT2D eigenvalue weighted by Crippen LogP contribution is -2.28. The molecule has 0 radical (unpaired) electrons. The average Bonchev–Trinajstić information content (AvgIpc) is 3.34. The summed E-state index contributed by atoms with van der Waals surface area (Å²) in [5.74, 6) is -0.268. The van der Waals surface area contributed by atoms with Gasteiger partial charge in [-0.05, 0) is 49.9 Å². The fraction of sp³-hybridized carbons (Fsp3) is 0.409. The number of carbonyl (C=O) groups excluding carboxylic acids is 1. The van der Waals surface area contributed by atoms with Gasteiger partial charge in [0.05, 0.1) is 11.1 Å². The van der Waals surface area contributed by atoms with Crippen molar-refractivity contribution in [3.05, 3.63) is 56.4 Å². The maximum Gasteiger partial charge on any atom is 0.263 e. The van der Waals surface area contributed by atoms with E-state index in [9.17, 15) is 14.0 Å². The van der Waals surface area contributed by atoms with Crippen molar-refractivity contribution in [3.63, 3.8) is 0 Å². The van der Waals surface area contributed by atoms with Crippen molar-refractivity contribution in [2.45, 2.75) is 57.3 Å². The first-order valence-corrected chi connectivity index (χ1v) is 11.9. The summed E-state index contributed by atoms with van der Waals surface area (Å²) in [6, 6.07) is 6.20. The number of nitrogens with zero attached hydrogens (tertiary/aromatic N) is 2. The Labute approximate surface area is 182 Å². The number of aromatic nitrogens is 2. The van der Waals surface area contributed by atoms with Gasteiger partial charge in [0.1, 0.15) is 10.6 Å². The van der Waals surface area contributed by atoms with Crippen LogP contribution in [0, 0.1) is 19.7 Å². The Balaban J connectivity index is 1.53. The van der Waals surface area contributed by atoms with Gasteiger partial charge in [0.2, 0.25) is 5.91 Å². The molecule has 158 valence electrons. The van der Waals surface area contributed by atoms with E-state index in [4.69, 9.17) is 4.98 Å². The predicted octanol–water partition coefficient (Wildman–Crippen LogP) is 4.74. The van der Waals surface area contributed by atoms with Crippen LogP contribution >= 0.6 is 23.1 Å². The topological polar surface area (TPSA) is 64.0 Å². The second kappa shape index (κ2) is 8.89. The van der Waals surface area contributed by atoms with E-state index in [1.807, 2.05) is 18.4 Å². The molecule has 1 saturated carbocycles. The van der Waals surface area contributed by atoms with Gasteiger partial charge in [0.25, 0.3) is 5.56 Å². The quantitative estimate of drug-likeness (QED) is 0.440. The highest BCUT2D eigenvalue weighted by Crippen LogP contribution is 2.34. The average molecular weight is 446 g/mol. The Morgan fingerprint density at radius 3 is 2.67 bits per heavy atom. The number of hydrogen-bond donors (Lipinski definition) is 1. The van der Waals surface area contributed by atoms with E-state index >= 15 is 0 Å². The largest absolute Gasteiger partial charge is 0.351 e. The molecular weight excluding hydrogens is 421 g/mol. The fourth-order valence-electron chi connectivity index (χ4n) is 3.86. The number of halogens is 1. The highest BCUT2D eigenvalue weighted by atomic mass is 32.2. The molecule has 0 spiro atoms. The van der Waals surface area contributed by atoms with E-state index in [1.165, 1.54) is 35.2 Å². The predicted molar refractivity (Wildman–Crippen MR) is 120 cm³/mol. The minimum atomic E-state index is -0.300. The number of aryl methyl sites for hydroxylation is 2. The van der Waals surface area contributed by atoms with Crippen LogP contribution in [-0.4, -0.2) is 21.2 Å². The third kappa shape index (κ3) is 4.30. The van der Waals surface area contributed by atoms with Gasteiger partial charge in [-0.2, -0.15) is 0 Å². The van der Waals surface area contributed by atoms with Crippen molar-refractivity contribution in [2.24, 2.45) is 0 Å². The van der Waals surface area contributed by atoms with E-state index in [0.29, 0.717) is 11.7 Å². The molecule has 2 heterocycles. The van der Waals surface area contributed by atoms with E-state index in [1.54, 1.807) is 12.1 Å². The van der Waals surface area contributed by atoms with Crippen LogP contribution in [0.15, 0.2) is 34.2 Å². The summed E-state index contributed by atoms with van der Waals surface area (Å²) >= 11 is 2.84. The van der Waals surface area contributed by atoms with Crippen LogP contribution in [-0.2, 0) is 11.3 Å². The second-order valence-corrected chi connectivity index (χ2v) is 9.81. The normalized spacial score (nSPS) is 14.5. The SMILES string of the molecule is Cc1sc2nc(SCC(=O)NCc3ccc(F)cc3)n(C3CCCC3)c(=O)c2c1C. The molecule has 1 fully saturated rings. The van der Waals surface area contributed by atoms with E-state index in [-0.39, 0.29) is 29.1 Å². The lowest BCUT2D eigenvalue weighted by Gasteiger charge is -2.18. The van der Waals surface area contributed by atoms with Gasteiger partial charge >= 0.3 is 0 Å². The lowest BCUT2D eigenvalue weighted by molar-refractivity contribution is -0.118. The van der Waals surface area contributed by atoms with Gasteiger partial charge in [-0.3, -0.25) is 14.2 Å². The summed E-state index contributed by atoms with van der Waals surface area (Å²) in [4.78, 5) is 32.4. The number of amides is 1. The van der Waals surface area contributed by atoms with Crippen molar-refractivity contribution in [2.75, 3.05) is 5.75 Å².